The lowest BCUT2D eigenvalue weighted by Gasteiger charge is -2.41. The molecule has 1 aliphatic rings. The van der Waals surface area contributed by atoms with E-state index in [2.05, 4.69) is 19.2 Å². The number of para-hydroxylation sites is 1. The Hall–Kier alpha value is -2.20. The first-order valence-electron chi connectivity index (χ1n) is 8.94. The summed E-state index contributed by atoms with van der Waals surface area (Å²) in [6.07, 6.45) is 2.49. The third-order valence-electron chi connectivity index (χ3n) is 5.20. The van der Waals surface area contributed by atoms with Crippen LogP contribution in [0.25, 0.3) is 0 Å². The number of ether oxygens (including phenoxy) is 2. The molecular formula is C21H24ClNO3. The fourth-order valence-electron chi connectivity index (χ4n) is 3.52. The van der Waals surface area contributed by atoms with Crippen molar-refractivity contribution >= 4 is 17.5 Å². The molecule has 1 aliphatic heterocycles. The molecule has 0 bridgehead atoms. The third-order valence-corrected chi connectivity index (χ3v) is 5.43. The van der Waals surface area contributed by atoms with Crippen LogP contribution >= 0.6 is 11.6 Å². The van der Waals surface area contributed by atoms with Crippen molar-refractivity contribution < 1.29 is 14.3 Å². The number of halogens is 1. The topological polar surface area (TPSA) is 47.6 Å². The molecule has 0 fully saturated rings. The molecule has 3 rings (SSSR count). The summed E-state index contributed by atoms with van der Waals surface area (Å²) in [5.74, 6) is 1.14. The van der Waals surface area contributed by atoms with Gasteiger partial charge in [0.05, 0.1) is 18.7 Å². The van der Waals surface area contributed by atoms with E-state index < -0.39 is 0 Å². The smallest absolute Gasteiger partial charge is 0.255 e. The minimum atomic E-state index is -0.273. The van der Waals surface area contributed by atoms with Crippen LogP contribution in [0.15, 0.2) is 42.5 Å². The number of methoxy groups -OCH3 is 1. The quantitative estimate of drug-likeness (QED) is 0.787. The second-order valence-corrected chi connectivity index (χ2v) is 7.04. The molecule has 0 aliphatic carbocycles. The lowest BCUT2D eigenvalue weighted by Crippen LogP contribution is -2.44. The van der Waals surface area contributed by atoms with Gasteiger partial charge >= 0.3 is 0 Å². The monoisotopic (exact) mass is 373 g/mol. The zero-order valence-corrected chi connectivity index (χ0v) is 16.1. The van der Waals surface area contributed by atoms with Crippen molar-refractivity contribution in [3.8, 4) is 11.5 Å². The average molecular weight is 374 g/mol. The predicted molar refractivity (Wildman–Crippen MR) is 103 cm³/mol. The summed E-state index contributed by atoms with van der Waals surface area (Å²) < 4.78 is 11.6. The minimum Gasteiger partial charge on any atom is -0.496 e. The van der Waals surface area contributed by atoms with Crippen molar-refractivity contribution in [1.82, 2.24) is 5.32 Å². The van der Waals surface area contributed by atoms with Gasteiger partial charge in [0.2, 0.25) is 0 Å². The first-order chi connectivity index (χ1) is 12.5. The van der Waals surface area contributed by atoms with Gasteiger partial charge in [-0.15, -0.1) is 0 Å². The fourth-order valence-corrected chi connectivity index (χ4v) is 3.70. The van der Waals surface area contributed by atoms with Crippen LogP contribution in [0, 0.1) is 0 Å². The van der Waals surface area contributed by atoms with Crippen LogP contribution in [-0.4, -0.2) is 18.6 Å². The van der Waals surface area contributed by atoms with Gasteiger partial charge in [-0.3, -0.25) is 4.79 Å². The molecule has 4 nitrogen and oxygen atoms in total. The highest BCUT2D eigenvalue weighted by atomic mass is 35.5. The third kappa shape index (κ3) is 3.51. The van der Waals surface area contributed by atoms with E-state index in [9.17, 15) is 4.79 Å². The Morgan fingerprint density at radius 1 is 1.27 bits per heavy atom. The molecule has 0 saturated heterocycles. The van der Waals surface area contributed by atoms with Gasteiger partial charge in [0.15, 0.2) is 0 Å². The highest BCUT2D eigenvalue weighted by molar-refractivity contribution is 6.31. The molecule has 1 heterocycles. The lowest BCUT2D eigenvalue weighted by atomic mass is 9.83. The normalized spacial score (nSPS) is 17.8. The largest absolute Gasteiger partial charge is 0.496 e. The highest BCUT2D eigenvalue weighted by Gasteiger charge is 2.39. The number of hydrogen-bond donors (Lipinski definition) is 1. The molecule has 0 spiro atoms. The molecule has 0 saturated carbocycles. The summed E-state index contributed by atoms with van der Waals surface area (Å²) in [7, 11) is 1.54. The minimum absolute atomic E-state index is 0.129. The zero-order valence-electron chi connectivity index (χ0n) is 15.3. The molecule has 1 N–H and O–H groups in total. The molecule has 0 aromatic heterocycles. The van der Waals surface area contributed by atoms with Gasteiger partial charge in [-0.2, -0.15) is 0 Å². The maximum absolute atomic E-state index is 13.0. The summed E-state index contributed by atoms with van der Waals surface area (Å²) in [4.78, 5) is 13.0. The number of fused-ring (bicyclic) bond motifs is 1. The van der Waals surface area contributed by atoms with E-state index in [1.165, 1.54) is 0 Å². The molecule has 2 aromatic carbocycles. The summed E-state index contributed by atoms with van der Waals surface area (Å²) in [5.41, 5.74) is 1.16. The van der Waals surface area contributed by atoms with E-state index in [-0.39, 0.29) is 17.6 Å². The molecule has 26 heavy (non-hydrogen) atoms. The maximum Gasteiger partial charge on any atom is 0.255 e. The van der Waals surface area contributed by atoms with E-state index in [0.29, 0.717) is 16.3 Å². The Kier molecular flexibility index (Phi) is 5.42. The summed E-state index contributed by atoms with van der Waals surface area (Å²) in [5, 5.41) is 3.66. The predicted octanol–water partition coefficient (Wildman–Crippen LogP) is 5.16. The van der Waals surface area contributed by atoms with Gasteiger partial charge in [-0.1, -0.05) is 43.6 Å². The van der Waals surface area contributed by atoms with Gasteiger partial charge in [-0.05, 0) is 37.1 Å². The maximum atomic E-state index is 13.0. The molecule has 0 unspecified atom stereocenters. The molecule has 138 valence electrons. The Bertz CT molecular complexity index is 802. The number of rotatable bonds is 5. The number of benzene rings is 2. The van der Waals surface area contributed by atoms with Crippen molar-refractivity contribution in [3.05, 3.63) is 58.6 Å². The summed E-state index contributed by atoms with van der Waals surface area (Å²) in [6.45, 7) is 4.24. The number of carbonyl (C=O) groups is 1. The Labute approximate surface area is 159 Å². The molecule has 2 aromatic rings. The van der Waals surface area contributed by atoms with Crippen molar-refractivity contribution in [2.45, 2.75) is 44.8 Å². The van der Waals surface area contributed by atoms with Crippen molar-refractivity contribution in [3.63, 3.8) is 0 Å². The standard InChI is InChI=1S/C21H24ClNO3/c1-4-21(5-2)13-17(15-8-6-7-9-19(15)26-21)23-20(24)16-12-14(22)10-11-18(16)25-3/h6-12,17H,4-5,13H2,1-3H3,(H,23,24)/t17-/m0/s1. The van der Waals surface area contributed by atoms with Crippen LogP contribution in [0.3, 0.4) is 0 Å². The van der Waals surface area contributed by atoms with E-state index >= 15 is 0 Å². The SMILES string of the molecule is CCC1(CC)C[C@H](NC(=O)c2cc(Cl)ccc2OC)c2ccccc2O1. The number of nitrogens with one attached hydrogen (secondary N) is 1. The highest BCUT2D eigenvalue weighted by Crippen LogP contribution is 2.42. The average Bonchev–Trinajstić information content (AvgIpc) is 2.67. The number of amides is 1. The molecular weight excluding hydrogens is 350 g/mol. The molecule has 5 heteroatoms. The van der Waals surface area contributed by atoms with Gasteiger partial charge in [0, 0.05) is 17.0 Å². The van der Waals surface area contributed by atoms with Crippen LogP contribution in [-0.2, 0) is 0 Å². The van der Waals surface area contributed by atoms with Crippen molar-refractivity contribution in [2.24, 2.45) is 0 Å². The number of carbonyl (C=O) groups excluding carboxylic acids is 1. The van der Waals surface area contributed by atoms with Crippen LogP contribution in [0.2, 0.25) is 5.02 Å². The number of hydrogen-bond acceptors (Lipinski definition) is 3. The van der Waals surface area contributed by atoms with Crippen molar-refractivity contribution in [1.29, 1.82) is 0 Å². The second kappa shape index (κ2) is 7.58. The van der Waals surface area contributed by atoms with E-state index in [0.717, 1.165) is 30.6 Å². The second-order valence-electron chi connectivity index (χ2n) is 6.60. The Balaban J connectivity index is 1.93. The van der Waals surface area contributed by atoms with Gasteiger partial charge in [0.1, 0.15) is 17.1 Å². The first kappa shape index (κ1) is 18.6. The van der Waals surface area contributed by atoms with Gasteiger partial charge in [0.25, 0.3) is 5.91 Å². The van der Waals surface area contributed by atoms with Gasteiger partial charge < -0.3 is 14.8 Å². The Morgan fingerprint density at radius 2 is 2.00 bits per heavy atom. The van der Waals surface area contributed by atoms with Crippen LogP contribution < -0.4 is 14.8 Å². The summed E-state index contributed by atoms with van der Waals surface area (Å²) in [6, 6.07) is 12.8. The van der Waals surface area contributed by atoms with Crippen LogP contribution in [0.4, 0.5) is 0 Å². The lowest BCUT2D eigenvalue weighted by molar-refractivity contribution is 0.0227. The van der Waals surface area contributed by atoms with Crippen LogP contribution in [0.5, 0.6) is 11.5 Å². The Morgan fingerprint density at radius 3 is 2.69 bits per heavy atom. The molecule has 0 radical (unpaired) electrons. The van der Waals surface area contributed by atoms with Crippen molar-refractivity contribution in [2.75, 3.05) is 7.11 Å². The van der Waals surface area contributed by atoms with E-state index in [4.69, 9.17) is 21.1 Å². The van der Waals surface area contributed by atoms with Crippen LogP contribution in [0.1, 0.15) is 55.1 Å². The van der Waals surface area contributed by atoms with E-state index in [1.807, 2.05) is 24.3 Å². The first-order valence-corrected chi connectivity index (χ1v) is 9.32. The zero-order chi connectivity index (χ0) is 18.7. The molecule has 1 amide bonds. The summed E-state index contributed by atoms with van der Waals surface area (Å²) >= 11 is 6.08. The molecule has 1 atom stereocenters. The van der Waals surface area contributed by atoms with E-state index in [1.54, 1.807) is 25.3 Å². The van der Waals surface area contributed by atoms with Gasteiger partial charge in [-0.25, -0.2) is 0 Å². The fraction of sp³-hybridized carbons (Fsp3) is 0.381.